The monoisotopic (exact) mass is 496 g/mol. The number of nitrogens with one attached hydrogen (secondary N) is 1. The first-order valence-electron chi connectivity index (χ1n) is 11.5. The third kappa shape index (κ3) is 6.28. The van der Waals surface area contributed by atoms with Gasteiger partial charge in [-0.25, -0.2) is 5.43 Å². The second-order valence-corrected chi connectivity index (χ2v) is 8.74. The molecular weight excluding hydrogens is 472 g/mol. The summed E-state index contributed by atoms with van der Waals surface area (Å²) in [5.41, 5.74) is 6.03. The van der Waals surface area contributed by atoms with Crippen molar-refractivity contribution in [2.75, 3.05) is 6.54 Å². The Labute approximate surface area is 215 Å². The summed E-state index contributed by atoms with van der Waals surface area (Å²) in [6, 6.07) is 28.8. The molecule has 180 valence electrons. The molecule has 0 saturated carbocycles. The topological polar surface area (TPSA) is 88.7 Å². The fourth-order valence-electron chi connectivity index (χ4n) is 4.01. The molecule has 0 aliphatic carbocycles. The van der Waals surface area contributed by atoms with E-state index in [4.69, 9.17) is 16.9 Å². The third-order valence-corrected chi connectivity index (χ3v) is 6.11. The Bertz CT molecular complexity index is 1430. The quantitative estimate of drug-likeness (QED) is 0.224. The van der Waals surface area contributed by atoms with Gasteiger partial charge in [-0.15, -0.1) is 0 Å². The van der Waals surface area contributed by atoms with E-state index < -0.39 is 5.91 Å². The summed E-state index contributed by atoms with van der Waals surface area (Å²) in [5.74, 6) is -0.513. The van der Waals surface area contributed by atoms with Gasteiger partial charge in [0, 0.05) is 37.2 Å². The number of aromatic hydroxyl groups is 1. The van der Waals surface area contributed by atoms with Gasteiger partial charge in [-0.1, -0.05) is 78.3 Å². The Morgan fingerprint density at radius 1 is 1.00 bits per heavy atom. The molecule has 4 aromatic rings. The largest absolute Gasteiger partial charge is 0.506 e. The molecule has 0 spiro atoms. The van der Waals surface area contributed by atoms with Crippen LogP contribution in [-0.4, -0.2) is 28.7 Å². The van der Waals surface area contributed by atoms with Gasteiger partial charge in [-0.3, -0.25) is 9.69 Å². The van der Waals surface area contributed by atoms with Crippen molar-refractivity contribution in [2.24, 2.45) is 5.10 Å². The predicted molar refractivity (Wildman–Crippen MR) is 143 cm³/mol. The molecule has 4 aromatic carbocycles. The molecule has 0 radical (unpaired) electrons. The molecule has 0 saturated heterocycles. The number of benzene rings is 4. The van der Waals surface area contributed by atoms with E-state index in [0.717, 1.165) is 28.4 Å². The molecule has 1 amide bonds. The van der Waals surface area contributed by atoms with E-state index in [1.165, 1.54) is 23.8 Å². The maximum Gasteiger partial charge on any atom is 0.271 e. The zero-order valence-electron chi connectivity index (χ0n) is 19.6. The highest BCUT2D eigenvalue weighted by atomic mass is 35.5. The maximum absolute atomic E-state index is 12.4. The molecule has 6 nitrogen and oxygen atoms in total. The van der Waals surface area contributed by atoms with Crippen molar-refractivity contribution >= 4 is 34.5 Å². The Hall–Kier alpha value is -4.18. The lowest BCUT2D eigenvalue weighted by atomic mass is 9.99. The molecule has 4 rings (SSSR count). The van der Waals surface area contributed by atoms with Gasteiger partial charge in [-0.2, -0.15) is 10.4 Å². The number of carbonyl (C=O) groups is 1. The van der Waals surface area contributed by atoms with Crippen molar-refractivity contribution in [3.8, 4) is 11.8 Å². The molecule has 36 heavy (non-hydrogen) atoms. The van der Waals surface area contributed by atoms with Crippen LogP contribution in [-0.2, 0) is 13.1 Å². The van der Waals surface area contributed by atoms with Crippen molar-refractivity contribution in [3.63, 3.8) is 0 Å². The normalized spacial score (nSPS) is 11.1. The third-order valence-electron chi connectivity index (χ3n) is 5.81. The number of nitriles is 1. The molecule has 0 bridgehead atoms. The van der Waals surface area contributed by atoms with Gasteiger partial charge in [0.2, 0.25) is 0 Å². The summed E-state index contributed by atoms with van der Waals surface area (Å²) in [6.45, 7) is 2.14. The Kier molecular flexibility index (Phi) is 8.30. The molecule has 2 N–H and O–H groups in total. The Morgan fingerprint density at radius 3 is 2.50 bits per heavy atom. The summed E-state index contributed by atoms with van der Waals surface area (Å²) in [6.07, 6.45) is 2.07. The minimum absolute atomic E-state index is 0.0850. The number of nitrogens with zero attached hydrogens (tertiary/aromatic N) is 3. The van der Waals surface area contributed by atoms with Crippen molar-refractivity contribution in [2.45, 2.75) is 19.5 Å². The second-order valence-electron chi connectivity index (χ2n) is 8.33. The molecule has 0 atom stereocenters. The fraction of sp³-hybridized carbons (Fsp3) is 0.138. The van der Waals surface area contributed by atoms with E-state index in [-0.39, 0.29) is 10.8 Å². The average Bonchev–Trinajstić information content (AvgIpc) is 2.90. The standard InChI is InChI=1S/C29H25ClN4O2/c30-27-17-22(13-14-28(27)35)29(36)33-32-18-23-11-12-24(26-10-5-4-9-25(23)26)20-34(16-6-15-31)19-21-7-2-1-3-8-21/h1-5,7-14,17-18,35H,6,16,19-20H2,(H,33,36). The number of amides is 1. The highest BCUT2D eigenvalue weighted by molar-refractivity contribution is 6.32. The molecular formula is C29H25ClN4O2. The summed E-state index contributed by atoms with van der Waals surface area (Å²) < 4.78 is 0. The zero-order valence-corrected chi connectivity index (χ0v) is 20.3. The Balaban J connectivity index is 1.53. The molecule has 0 fully saturated rings. The summed E-state index contributed by atoms with van der Waals surface area (Å²) >= 11 is 5.89. The Morgan fingerprint density at radius 2 is 1.75 bits per heavy atom. The summed E-state index contributed by atoms with van der Waals surface area (Å²) in [7, 11) is 0. The average molecular weight is 497 g/mol. The van der Waals surface area contributed by atoms with Gasteiger partial charge in [0.15, 0.2) is 0 Å². The maximum atomic E-state index is 12.4. The minimum Gasteiger partial charge on any atom is -0.506 e. The van der Waals surface area contributed by atoms with E-state index in [2.05, 4.69) is 45.8 Å². The molecule has 0 heterocycles. The first-order valence-corrected chi connectivity index (χ1v) is 11.9. The van der Waals surface area contributed by atoms with Crippen LogP contribution < -0.4 is 5.43 Å². The number of phenolic OH excluding ortho intramolecular Hbond substituents is 1. The van der Waals surface area contributed by atoms with Crippen LogP contribution >= 0.6 is 11.6 Å². The van der Waals surface area contributed by atoms with E-state index in [1.807, 2.05) is 42.5 Å². The molecule has 7 heteroatoms. The molecule has 0 aliphatic heterocycles. The van der Waals surface area contributed by atoms with Crippen molar-refractivity contribution in [1.29, 1.82) is 5.26 Å². The summed E-state index contributed by atoms with van der Waals surface area (Å²) in [4.78, 5) is 14.7. The number of rotatable bonds is 9. The number of fused-ring (bicyclic) bond motifs is 1. The number of carbonyl (C=O) groups excluding carboxylic acids is 1. The zero-order chi connectivity index (χ0) is 25.3. The summed E-state index contributed by atoms with van der Waals surface area (Å²) in [5, 5.41) is 25.0. The minimum atomic E-state index is -0.428. The SMILES string of the molecule is N#CCCN(Cc1ccccc1)Cc1ccc(C=NNC(=O)c2ccc(O)c(Cl)c2)c2ccccc12. The van der Waals surface area contributed by atoms with Crippen LogP contribution in [0.2, 0.25) is 5.02 Å². The lowest BCUT2D eigenvalue weighted by molar-refractivity contribution is 0.0955. The molecule has 0 aliphatic rings. The van der Waals surface area contributed by atoms with Crippen LogP contribution in [0.5, 0.6) is 5.75 Å². The van der Waals surface area contributed by atoms with Crippen LogP contribution in [0, 0.1) is 11.3 Å². The number of hydrazone groups is 1. The van der Waals surface area contributed by atoms with Crippen molar-refractivity contribution in [3.05, 3.63) is 112 Å². The second kappa shape index (κ2) is 12.0. The highest BCUT2D eigenvalue weighted by Gasteiger charge is 2.12. The van der Waals surface area contributed by atoms with Gasteiger partial charge in [-0.05, 0) is 40.1 Å². The fourth-order valence-corrected chi connectivity index (χ4v) is 4.19. The predicted octanol–water partition coefficient (Wildman–Crippen LogP) is 5.88. The molecule has 0 aromatic heterocycles. The van der Waals surface area contributed by atoms with Crippen LogP contribution in [0.25, 0.3) is 10.8 Å². The van der Waals surface area contributed by atoms with Gasteiger partial charge in [0.25, 0.3) is 5.91 Å². The van der Waals surface area contributed by atoms with Gasteiger partial charge in [0.05, 0.1) is 17.3 Å². The van der Waals surface area contributed by atoms with Crippen LogP contribution in [0.1, 0.15) is 33.5 Å². The van der Waals surface area contributed by atoms with Crippen molar-refractivity contribution < 1.29 is 9.90 Å². The van der Waals surface area contributed by atoms with Gasteiger partial charge < -0.3 is 5.11 Å². The van der Waals surface area contributed by atoms with Gasteiger partial charge in [0.1, 0.15) is 5.75 Å². The number of phenols is 1. The van der Waals surface area contributed by atoms with Crippen LogP contribution in [0.4, 0.5) is 0 Å². The van der Waals surface area contributed by atoms with Gasteiger partial charge >= 0.3 is 0 Å². The first-order chi connectivity index (χ1) is 17.5. The van der Waals surface area contributed by atoms with Crippen LogP contribution in [0.3, 0.4) is 0 Å². The van der Waals surface area contributed by atoms with E-state index in [1.54, 1.807) is 6.21 Å². The number of halogens is 1. The first kappa shape index (κ1) is 24.9. The lowest BCUT2D eigenvalue weighted by Gasteiger charge is -2.22. The lowest BCUT2D eigenvalue weighted by Crippen LogP contribution is -2.24. The molecule has 0 unspecified atom stereocenters. The number of hydrogen-bond donors (Lipinski definition) is 2. The van der Waals surface area contributed by atoms with E-state index in [0.29, 0.717) is 25.1 Å². The highest BCUT2D eigenvalue weighted by Crippen LogP contribution is 2.25. The van der Waals surface area contributed by atoms with E-state index >= 15 is 0 Å². The van der Waals surface area contributed by atoms with Crippen molar-refractivity contribution in [1.82, 2.24) is 10.3 Å². The van der Waals surface area contributed by atoms with Crippen LogP contribution in [0.15, 0.2) is 90.0 Å². The van der Waals surface area contributed by atoms with E-state index in [9.17, 15) is 9.90 Å². The smallest absolute Gasteiger partial charge is 0.271 e. The number of hydrogen-bond acceptors (Lipinski definition) is 5.